The second-order valence-electron chi connectivity index (χ2n) is 5.38. The Hall–Kier alpha value is -1.92. The Morgan fingerprint density at radius 3 is 2.80 bits per heavy atom. The second kappa shape index (κ2) is 5.22. The molecular formula is C13H19N5O2. The van der Waals surface area contributed by atoms with Crippen molar-refractivity contribution in [3.05, 3.63) is 11.6 Å². The van der Waals surface area contributed by atoms with Gasteiger partial charge in [-0.25, -0.2) is 0 Å². The van der Waals surface area contributed by atoms with E-state index in [0.29, 0.717) is 37.8 Å². The minimum Gasteiger partial charge on any atom is -0.349 e. The molecule has 0 aromatic carbocycles. The molecule has 1 N–H and O–H groups in total. The van der Waals surface area contributed by atoms with E-state index in [4.69, 9.17) is 0 Å². The maximum atomic E-state index is 12.0. The van der Waals surface area contributed by atoms with Crippen molar-refractivity contribution < 1.29 is 9.59 Å². The molecule has 1 aromatic heterocycles. The minimum absolute atomic E-state index is 0.187. The zero-order chi connectivity index (χ0) is 14.1. The van der Waals surface area contributed by atoms with Gasteiger partial charge in [-0.2, -0.15) is 0 Å². The predicted octanol–water partition coefficient (Wildman–Crippen LogP) is 0.170. The standard InChI is InChI=1S/C13H19N5O2/c1-2-5-14-12(19)11-16-15-10-8-17(6-7-18(10)11)13(20)9-3-4-9/h9H,2-8H2,1H3,(H,14,19). The number of hydrogen-bond acceptors (Lipinski definition) is 4. The third kappa shape index (κ3) is 2.39. The van der Waals surface area contributed by atoms with E-state index in [1.807, 2.05) is 16.4 Å². The number of carbonyl (C=O) groups is 2. The first-order valence-electron chi connectivity index (χ1n) is 7.19. The lowest BCUT2D eigenvalue weighted by Gasteiger charge is -2.27. The fourth-order valence-electron chi connectivity index (χ4n) is 2.42. The largest absolute Gasteiger partial charge is 0.349 e. The normalized spacial score (nSPS) is 17.8. The van der Waals surface area contributed by atoms with Crippen LogP contribution in [0.2, 0.25) is 0 Å². The van der Waals surface area contributed by atoms with E-state index in [1.54, 1.807) is 0 Å². The summed E-state index contributed by atoms with van der Waals surface area (Å²) >= 11 is 0. The molecule has 7 heteroatoms. The van der Waals surface area contributed by atoms with Gasteiger partial charge in [0.1, 0.15) is 0 Å². The van der Waals surface area contributed by atoms with E-state index in [0.717, 1.165) is 19.3 Å². The van der Waals surface area contributed by atoms with Gasteiger partial charge in [0.2, 0.25) is 11.7 Å². The Kier molecular flexibility index (Phi) is 3.42. The Labute approximate surface area is 117 Å². The monoisotopic (exact) mass is 277 g/mol. The quantitative estimate of drug-likeness (QED) is 0.850. The molecule has 0 bridgehead atoms. The number of nitrogens with zero attached hydrogens (tertiary/aromatic N) is 4. The number of hydrogen-bond donors (Lipinski definition) is 1. The van der Waals surface area contributed by atoms with Crippen molar-refractivity contribution in [2.75, 3.05) is 13.1 Å². The van der Waals surface area contributed by atoms with Gasteiger partial charge in [-0.1, -0.05) is 6.92 Å². The average Bonchev–Trinajstić information content (AvgIpc) is 3.23. The van der Waals surface area contributed by atoms with Crippen molar-refractivity contribution in [2.24, 2.45) is 5.92 Å². The summed E-state index contributed by atoms with van der Waals surface area (Å²) in [6, 6.07) is 0. The van der Waals surface area contributed by atoms with E-state index < -0.39 is 0 Å². The van der Waals surface area contributed by atoms with Crippen molar-refractivity contribution in [3.8, 4) is 0 Å². The van der Waals surface area contributed by atoms with Crippen LogP contribution in [0, 0.1) is 5.92 Å². The Morgan fingerprint density at radius 2 is 2.10 bits per heavy atom. The molecule has 0 spiro atoms. The van der Waals surface area contributed by atoms with Gasteiger partial charge in [-0.15, -0.1) is 10.2 Å². The molecule has 0 unspecified atom stereocenters. The van der Waals surface area contributed by atoms with Crippen LogP contribution in [-0.2, 0) is 17.9 Å². The topological polar surface area (TPSA) is 80.1 Å². The molecule has 2 aliphatic rings. The van der Waals surface area contributed by atoms with Crippen LogP contribution in [-0.4, -0.2) is 44.6 Å². The Balaban J connectivity index is 1.71. The summed E-state index contributed by atoms with van der Waals surface area (Å²) in [5.41, 5.74) is 0. The van der Waals surface area contributed by atoms with Crippen molar-refractivity contribution in [1.82, 2.24) is 25.0 Å². The van der Waals surface area contributed by atoms with Gasteiger partial charge >= 0.3 is 0 Å². The maximum absolute atomic E-state index is 12.0. The molecule has 7 nitrogen and oxygen atoms in total. The van der Waals surface area contributed by atoms with E-state index in [-0.39, 0.29) is 17.7 Å². The van der Waals surface area contributed by atoms with Crippen molar-refractivity contribution in [1.29, 1.82) is 0 Å². The van der Waals surface area contributed by atoms with Crippen LogP contribution in [0.4, 0.5) is 0 Å². The smallest absolute Gasteiger partial charge is 0.289 e. The lowest BCUT2D eigenvalue weighted by atomic mass is 10.3. The first-order valence-corrected chi connectivity index (χ1v) is 7.19. The molecule has 1 saturated carbocycles. The third-order valence-electron chi connectivity index (χ3n) is 3.73. The number of nitrogens with one attached hydrogen (secondary N) is 1. The average molecular weight is 277 g/mol. The van der Waals surface area contributed by atoms with Gasteiger partial charge < -0.3 is 14.8 Å². The molecule has 0 radical (unpaired) electrons. The first kappa shape index (κ1) is 13.1. The molecule has 2 amide bonds. The molecule has 20 heavy (non-hydrogen) atoms. The maximum Gasteiger partial charge on any atom is 0.289 e. The summed E-state index contributed by atoms with van der Waals surface area (Å²) in [4.78, 5) is 25.8. The SMILES string of the molecule is CCCNC(=O)c1nnc2n1CCN(C(=O)C1CC1)C2. The zero-order valence-corrected chi connectivity index (χ0v) is 11.6. The van der Waals surface area contributed by atoms with Gasteiger partial charge in [-0.05, 0) is 19.3 Å². The first-order chi connectivity index (χ1) is 9.70. The fourth-order valence-corrected chi connectivity index (χ4v) is 2.42. The number of fused-ring (bicyclic) bond motifs is 1. The number of carbonyl (C=O) groups excluding carboxylic acids is 2. The molecule has 1 aliphatic heterocycles. The summed E-state index contributed by atoms with van der Waals surface area (Å²) in [5, 5.41) is 10.8. The summed E-state index contributed by atoms with van der Waals surface area (Å²) in [6.07, 6.45) is 2.90. The van der Waals surface area contributed by atoms with Crippen molar-refractivity contribution >= 4 is 11.8 Å². The molecular weight excluding hydrogens is 258 g/mol. The third-order valence-corrected chi connectivity index (χ3v) is 3.73. The molecule has 1 fully saturated rings. The molecule has 3 rings (SSSR count). The predicted molar refractivity (Wildman–Crippen MR) is 70.8 cm³/mol. The summed E-state index contributed by atoms with van der Waals surface area (Å²) in [7, 11) is 0. The van der Waals surface area contributed by atoms with Gasteiger partial charge in [-0.3, -0.25) is 9.59 Å². The van der Waals surface area contributed by atoms with Gasteiger partial charge in [0.15, 0.2) is 5.82 Å². The van der Waals surface area contributed by atoms with Crippen LogP contribution >= 0.6 is 0 Å². The van der Waals surface area contributed by atoms with Crippen LogP contribution in [0.15, 0.2) is 0 Å². The summed E-state index contributed by atoms with van der Waals surface area (Å²) < 4.78 is 1.82. The van der Waals surface area contributed by atoms with Crippen LogP contribution in [0.3, 0.4) is 0 Å². The number of rotatable bonds is 4. The van der Waals surface area contributed by atoms with Crippen LogP contribution in [0.25, 0.3) is 0 Å². The van der Waals surface area contributed by atoms with Gasteiger partial charge in [0.05, 0.1) is 6.54 Å². The highest BCUT2D eigenvalue weighted by Gasteiger charge is 2.35. The summed E-state index contributed by atoms with van der Waals surface area (Å²) in [6.45, 7) is 4.32. The second-order valence-corrected chi connectivity index (χ2v) is 5.38. The number of amides is 2. The van der Waals surface area contributed by atoms with Crippen LogP contribution in [0.1, 0.15) is 42.6 Å². The van der Waals surface area contributed by atoms with E-state index >= 15 is 0 Å². The lowest BCUT2D eigenvalue weighted by molar-refractivity contribution is -0.134. The fraction of sp³-hybridized carbons (Fsp3) is 0.692. The molecule has 1 aliphatic carbocycles. The van der Waals surface area contributed by atoms with E-state index in [9.17, 15) is 9.59 Å². The van der Waals surface area contributed by atoms with Gasteiger partial charge in [0.25, 0.3) is 5.91 Å². The highest BCUT2D eigenvalue weighted by atomic mass is 16.2. The van der Waals surface area contributed by atoms with Crippen LogP contribution in [0.5, 0.6) is 0 Å². The van der Waals surface area contributed by atoms with Crippen molar-refractivity contribution in [2.45, 2.75) is 39.3 Å². The zero-order valence-electron chi connectivity index (χ0n) is 11.6. The lowest BCUT2D eigenvalue weighted by Crippen LogP contribution is -2.40. The molecule has 108 valence electrons. The van der Waals surface area contributed by atoms with Crippen molar-refractivity contribution in [3.63, 3.8) is 0 Å². The van der Waals surface area contributed by atoms with Gasteiger partial charge in [0, 0.05) is 25.6 Å². The van der Waals surface area contributed by atoms with E-state index in [2.05, 4.69) is 15.5 Å². The molecule has 0 saturated heterocycles. The Bertz CT molecular complexity index is 535. The molecule has 1 aromatic rings. The van der Waals surface area contributed by atoms with Crippen LogP contribution < -0.4 is 5.32 Å². The number of aromatic nitrogens is 3. The highest BCUT2D eigenvalue weighted by Crippen LogP contribution is 2.32. The van der Waals surface area contributed by atoms with E-state index in [1.165, 1.54) is 0 Å². The Morgan fingerprint density at radius 1 is 1.30 bits per heavy atom. The molecule has 0 atom stereocenters. The molecule has 2 heterocycles. The minimum atomic E-state index is -0.187. The summed E-state index contributed by atoms with van der Waals surface area (Å²) in [5.74, 6) is 1.31. The highest BCUT2D eigenvalue weighted by molar-refractivity contribution is 5.90.